The number of hydrogen-bond donors (Lipinski definition) is 1. The quantitative estimate of drug-likeness (QED) is 0.703. The van der Waals surface area contributed by atoms with Crippen LogP contribution in [0.2, 0.25) is 0 Å². The Kier molecular flexibility index (Phi) is 6.98. The zero-order valence-corrected chi connectivity index (χ0v) is 11.9. The van der Waals surface area contributed by atoms with Gasteiger partial charge in [-0.05, 0) is 13.0 Å². The van der Waals surface area contributed by atoms with E-state index in [0.29, 0.717) is 32.6 Å². The van der Waals surface area contributed by atoms with Gasteiger partial charge in [0.2, 0.25) is 5.91 Å². The lowest BCUT2D eigenvalue weighted by Gasteiger charge is -2.23. The van der Waals surface area contributed by atoms with E-state index in [2.05, 4.69) is 0 Å². The molecule has 1 aliphatic heterocycles. The standard InChI is InChI=1S/C13H22N4O3/c1-15(5-2-4-14)12(18)10-16-6-3-7-17(9-8-16)11-13(19)20/h2-3,5-11H2,1H3,(H,19,20). The minimum absolute atomic E-state index is 0.00642. The monoisotopic (exact) mass is 282 g/mol. The summed E-state index contributed by atoms with van der Waals surface area (Å²) < 4.78 is 0. The molecule has 0 aromatic heterocycles. The van der Waals surface area contributed by atoms with Crippen LogP contribution in [-0.2, 0) is 9.59 Å². The summed E-state index contributed by atoms with van der Waals surface area (Å²) in [7, 11) is 1.70. The van der Waals surface area contributed by atoms with Crippen LogP contribution in [0, 0.1) is 11.3 Å². The van der Waals surface area contributed by atoms with Crippen molar-refractivity contribution in [1.29, 1.82) is 5.26 Å². The van der Waals surface area contributed by atoms with Crippen molar-refractivity contribution in [3.05, 3.63) is 0 Å². The van der Waals surface area contributed by atoms with Gasteiger partial charge in [-0.1, -0.05) is 0 Å². The smallest absolute Gasteiger partial charge is 0.317 e. The number of carboxylic acids is 1. The fourth-order valence-electron chi connectivity index (χ4n) is 2.19. The number of hydrogen-bond acceptors (Lipinski definition) is 5. The molecule has 0 aromatic rings. The second-order valence-electron chi connectivity index (χ2n) is 5.02. The van der Waals surface area contributed by atoms with Crippen molar-refractivity contribution in [1.82, 2.24) is 14.7 Å². The molecular weight excluding hydrogens is 260 g/mol. The summed E-state index contributed by atoms with van der Waals surface area (Å²) in [5, 5.41) is 17.3. The maximum Gasteiger partial charge on any atom is 0.317 e. The molecule has 112 valence electrons. The van der Waals surface area contributed by atoms with E-state index < -0.39 is 5.97 Å². The molecule has 0 spiro atoms. The van der Waals surface area contributed by atoms with E-state index in [1.807, 2.05) is 15.9 Å². The highest BCUT2D eigenvalue weighted by molar-refractivity contribution is 5.78. The Morgan fingerprint density at radius 2 is 1.80 bits per heavy atom. The van der Waals surface area contributed by atoms with Gasteiger partial charge < -0.3 is 10.0 Å². The third-order valence-electron chi connectivity index (χ3n) is 3.38. The van der Waals surface area contributed by atoms with Crippen LogP contribution in [0.25, 0.3) is 0 Å². The van der Waals surface area contributed by atoms with Crippen molar-refractivity contribution >= 4 is 11.9 Å². The molecule has 1 rings (SSSR count). The molecule has 1 saturated heterocycles. The predicted octanol–water partition coefficient (Wildman–Crippen LogP) is -0.549. The fourth-order valence-corrected chi connectivity index (χ4v) is 2.19. The van der Waals surface area contributed by atoms with Crippen LogP contribution in [0.5, 0.6) is 0 Å². The van der Waals surface area contributed by atoms with Crippen molar-refractivity contribution in [2.45, 2.75) is 12.8 Å². The molecule has 7 nitrogen and oxygen atoms in total. The summed E-state index contributed by atoms with van der Waals surface area (Å²) >= 11 is 0. The van der Waals surface area contributed by atoms with E-state index in [1.165, 1.54) is 0 Å². The number of carbonyl (C=O) groups excluding carboxylic acids is 1. The Morgan fingerprint density at radius 1 is 1.20 bits per heavy atom. The Hall–Kier alpha value is -1.65. The Bertz CT molecular complexity index is 380. The van der Waals surface area contributed by atoms with Gasteiger partial charge in [0.05, 0.1) is 25.6 Å². The molecule has 1 fully saturated rings. The summed E-state index contributed by atoms with van der Waals surface area (Å²) in [6.07, 6.45) is 1.21. The van der Waals surface area contributed by atoms with E-state index in [-0.39, 0.29) is 12.5 Å². The molecule has 0 bridgehead atoms. The second kappa shape index (κ2) is 8.51. The summed E-state index contributed by atoms with van der Waals surface area (Å²) in [4.78, 5) is 28.2. The van der Waals surface area contributed by atoms with Crippen molar-refractivity contribution in [2.24, 2.45) is 0 Å². The molecule has 0 unspecified atom stereocenters. The van der Waals surface area contributed by atoms with E-state index >= 15 is 0 Å². The summed E-state index contributed by atoms with van der Waals surface area (Å²) in [5.41, 5.74) is 0. The number of likely N-dealkylation sites (N-methyl/N-ethyl adjacent to an activating group) is 1. The summed E-state index contributed by atoms with van der Waals surface area (Å²) in [5.74, 6) is -0.808. The van der Waals surface area contributed by atoms with Gasteiger partial charge >= 0.3 is 5.97 Å². The van der Waals surface area contributed by atoms with E-state index in [4.69, 9.17) is 10.4 Å². The lowest BCUT2D eigenvalue weighted by Crippen LogP contribution is -2.40. The number of amides is 1. The van der Waals surface area contributed by atoms with Gasteiger partial charge in [0.25, 0.3) is 0 Å². The van der Waals surface area contributed by atoms with Gasteiger partial charge in [0, 0.05) is 33.2 Å². The minimum atomic E-state index is -0.814. The molecular formula is C13H22N4O3. The van der Waals surface area contributed by atoms with Crippen LogP contribution >= 0.6 is 0 Å². The highest BCUT2D eigenvalue weighted by Gasteiger charge is 2.19. The molecule has 0 atom stereocenters. The zero-order valence-electron chi connectivity index (χ0n) is 11.9. The SMILES string of the molecule is CN(CCC#N)C(=O)CN1CCCN(CC(=O)O)CC1. The number of nitrogens with zero attached hydrogens (tertiary/aromatic N) is 4. The van der Waals surface area contributed by atoms with Gasteiger partial charge in [0.15, 0.2) is 0 Å². The molecule has 0 saturated carbocycles. The first kappa shape index (κ1) is 16.4. The molecule has 1 amide bonds. The van der Waals surface area contributed by atoms with Crippen molar-refractivity contribution in [2.75, 3.05) is 52.9 Å². The lowest BCUT2D eigenvalue weighted by molar-refractivity contribution is -0.138. The topological polar surface area (TPSA) is 87.9 Å². The third kappa shape index (κ3) is 5.99. The summed E-state index contributed by atoms with van der Waals surface area (Å²) in [6.45, 7) is 3.77. The molecule has 20 heavy (non-hydrogen) atoms. The zero-order chi connectivity index (χ0) is 15.0. The van der Waals surface area contributed by atoms with Crippen molar-refractivity contribution < 1.29 is 14.7 Å². The van der Waals surface area contributed by atoms with Crippen LogP contribution in [0.15, 0.2) is 0 Å². The third-order valence-corrected chi connectivity index (χ3v) is 3.38. The normalized spacial score (nSPS) is 17.2. The van der Waals surface area contributed by atoms with Gasteiger partial charge in [0.1, 0.15) is 0 Å². The molecule has 0 radical (unpaired) electrons. The molecule has 1 aliphatic rings. The van der Waals surface area contributed by atoms with Crippen LogP contribution in [-0.4, -0.2) is 84.5 Å². The van der Waals surface area contributed by atoms with Crippen molar-refractivity contribution in [3.63, 3.8) is 0 Å². The van der Waals surface area contributed by atoms with Gasteiger partial charge in [-0.25, -0.2) is 0 Å². The number of nitriles is 1. The molecule has 1 heterocycles. The maximum atomic E-state index is 12.0. The predicted molar refractivity (Wildman–Crippen MR) is 73.0 cm³/mol. The largest absolute Gasteiger partial charge is 0.480 e. The number of rotatable bonds is 6. The van der Waals surface area contributed by atoms with E-state index in [1.54, 1.807) is 11.9 Å². The van der Waals surface area contributed by atoms with Crippen LogP contribution in [0.1, 0.15) is 12.8 Å². The number of aliphatic carboxylic acids is 1. The van der Waals surface area contributed by atoms with Gasteiger partial charge in [-0.2, -0.15) is 5.26 Å². The fraction of sp³-hybridized carbons (Fsp3) is 0.769. The van der Waals surface area contributed by atoms with Crippen molar-refractivity contribution in [3.8, 4) is 6.07 Å². The summed E-state index contributed by atoms with van der Waals surface area (Å²) in [6, 6.07) is 2.02. The first-order valence-corrected chi connectivity index (χ1v) is 6.80. The van der Waals surface area contributed by atoms with Crippen LogP contribution in [0.4, 0.5) is 0 Å². The van der Waals surface area contributed by atoms with Crippen LogP contribution < -0.4 is 0 Å². The highest BCUT2D eigenvalue weighted by Crippen LogP contribution is 2.03. The Morgan fingerprint density at radius 3 is 2.35 bits per heavy atom. The van der Waals surface area contributed by atoms with Gasteiger partial charge in [-0.15, -0.1) is 0 Å². The highest BCUT2D eigenvalue weighted by atomic mass is 16.4. The molecule has 0 aromatic carbocycles. The average molecular weight is 282 g/mol. The molecule has 0 aliphatic carbocycles. The molecule has 1 N–H and O–H groups in total. The second-order valence-corrected chi connectivity index (χ2v) is 5.02. The van der Waals surface area contributed by atoms with E-state index in [9.17, 15) is 9.59 Å². The Balaban J connectivity index is 2.36. The first-order chi connectivity index (χ1) is 9.52. The minimum Gasteiger partial charge on any atom is -0.480 e. The Labute approximate surface area is 119 Å². The molecule has 7 heteroatoms. The van der Waals surface area contributed by atoms with Gasteiger partial charge in [-0.3, -0.25) is 19.4 Å². The van der Waals surface area contributed by atoms with Crippen LogP contribution in [0.3, 0.4) is 0 Å². The maximum absolute atomic E-state index is 12.0. The average Bonchev–Trinajstić information content (AvgIpc) is 2.61. The van der Waals surface area contributed by atoms with E-state index in [0.717, 1.165) is 19.5 Å². The first-order valence-electron chi connectivity index (χ1n) is 6.80. The lowest BCUT2D eigenvalue weighted by atomic mass is 10.3. The number of carboxylic acid groups (broad SMARTS) is 1. The number of carbonyl (C=O) groups is 2.